The monoisotopic (exact) mass is 394 g/mol. The van der Waals surface area contributed by atoms with Gasteiger partial charge in [-0.15, -0.1) is 0 Å². The van der Waals surface area contributed by atoms with E-state index in [0.29, 0.717) is 50.6 Å². The van der Waals surface area contributed by atoms with E-state index in [1.807, 2.05) is 11.8 Å². The number of nitrogens with one attached hydrogen (secondary N) is 1. The van der Waals surface area contributed by atoms with Gasteiger partial charge < -0.3 is 5.32 Å². The highest BCUT2D eigenvalue weighted by Crippen LogP contribution is 2.19. The van der Waals surface area contributed by atoms with E-state index in [1.54, 1.807) is 31.2 Å². The summed E-state index contributed by atoms with van der Waals surface area (Å²) in [4.78, 5) is 27.8. The zero-order valence-electron chi connectivity index (χ0n) is 15.7. The second-order valence-electron chi connectivity index (χ2n) is 7.00. The smallest absolute Gasteiger partial charge is 0.324 e. The topological polar surface area (TPSA) is 90.0 Å². The normalized spacial score (nSPS) is 21.0. The van der Waals surface area contributed by atoms with E-state index in [0.717, 1.165) is 5.56 Å². The number of amides is 3. The van der Waals surface area contributed by atoms with E-state index >= 15 is 0 Å². The number of hydrogen-bond acceptors (Lipinski definition) is 5. The van der Waals surface area contributed by atoms with Gasteiger partial charge in [0.25, 0.3) is 0 Å². The molecule has 0 radical (unpaired) electrons. The standard InChI is InChI=1S/C18H26N4O4S/c1-14-4-6-16(7-5-14)27(25,26)21-10-3-9-20(12-13-21)15(2)17(23)22-11-8-19-18(22)24/h4-7,15H,3,8-13H2,1-2H3,(H,19,24). The summed E-state index contributed by atoms with van der Waals surface area (Å²) in [6.45, 7) is 6.34. The molecule has 0 saturated carbocycles. The summed E-state index contributed by atoms with van der Waals surface area (Å²) in [6.07, 6.45) is 0.634. The first kappa shape index (κ1) is 19.8. The SMILES string of the molecule is Cc1ccc(S(=O)(=O)N2CCCN(C(C)C(=O)N3CCNC3=O)CC2)cc1. The maximum atomic E-state index is 12.9. The van der Waals surface area contributed by atoms with Crippen LogP contribution in [-0.2, 0) is 14.8 Å². The van der Waals surface area contributed by atoms with Crippen molar-refractivity contribution in [1.82, 2.24) is 19.4 Å². The van der Waals surface area contributed by atoms with Crippen molar-refractivity contribution in [2.75, 3.05) is 39.3 Å². The quantitative estimate of drug-likeness (QED) is 0.809. The third-order valence-corrected chi connectivity index (χ3v) is 7.09. The average Bonchev–Trinajstić information content (AvgIpc) is 2.92. The fourth-order valence-corrected chi connectivity index (χ4v) is 4.93. The van der Waals surface area contributed by atoms with E-state index in [-0.39, 0.29) is 11.9 Å². The molecule has 148 valence electrons. The summed E-state index contributed by atoms with van der Waals surface area (Å²) >= 11 is 0. The molecule has 1 atom stereocenters. The molecule has 2 saturated heterocycles. The van der Waals surface area contributed by atoms with Crippen LogP contribution in [0.15, 0.2) is 29.2 Å². The van der Waals surface area contributed by atoms with E-state index in [4.69, 9.17) is 0 Å². The summed E-state index contributed by atoms with van der Waals surface area (Å²) in [5.41, 5.74) is 1.01. The minimum absolute atomic E-state index is 0.236. The predicted molar refractivity (Wildman–Crippen MR) is 101 cm³/mol. The van der Waals surface area contributed by atoms with Crippen LogP contribution in [0.4, 0.5) is 4.79 Å². The van der Waals surface area contributed by atoms with Crippen LogP contribution >= 0.6 is 0 Å². The largest absolute Gasteiger partial charge is 0.336 e. The van der Waals surface area contributed by atoms with E-state index in [1.165, 1.54) is 9.21 Å². The molecule has 1 N–H and O–H groups in total. The molecule has 1 aromatic carbocycles. The lowest BCUT2D eigenvalue weighted by Crippen LogP contribution is -2.49. The number of nitrogens with zero attached hydrogens (tertiary/aromatic N) is 3. The van der Waals surface area contributed by atoms with Crippen LogP contribution in [0.3, 0.4) is 0 Å². The molecular formula is C18H26N4O4S. The number of sulfonamides is 1. The van der Waals surface area contributed by atoms with Crippen molar-refractivity contribution in [3.05, 3.63) is 29.8 Å². The van der Waals surface area contributed by atoms with Crippen LogP contribution in [0.2, 0.25) is 0 Å². The Labute approximate surface area is 160 Å². The zero-order valence-corrected chi connectivity index (χ0v) is 16.5. The number of carbonyl (C=O) groups is 2. The lowest BCUT2D eigenvalue weighted by Gasteiger charge is -2.28. The van der Waals surface area contributed by atoms with Crippen molar-refractivity contribution in [1.29, 1.82) is 0 Å². The van der Waals surface area contributed by atoms with Gasteiger partial charge in [0.05, 0.1) is 10.9 Å². The number of hydrogen-bond donors (Lipinski definition) is 1. The average molecular weight is 394 g/mol. The molecule has 2 aliphatic rings. The second-order valence-corrected chi connectivity index (χ2v) is 8.94. The van der Waals surface area contributed by atoms with Crippen molar-refractivity contribution in [3.63, 3.8) is 0 Å². The highest BCUT2D eigenvalue weighted by atomic mass is 32.2. The van der Waals surface area contributed by atoms with Crippen LogP contribution in [0, 0.1) is 6.92 Å². The predicted octanol–water partition coefficient (Wildman–Crippen LogP) is 0.632. The minimum Gasteiger partial charge on any atom is -0.336 e. The van der Waals surface area contributed by atoms with Crippen LogP contribution in [0.5, 0.6) is 0 Å². The van der Waals surface area contributed by atoms with Crippen molar-refractivity contribution >= 4 is 22.0 Å². The summed E-state index contributed by atoms with van der Waals surface area (Å²) in [5, 5.41) is 2.63. The molecule has 2 fully saturated rings. The third-order valence-electron chi connectivity index (χ3n) is 5.18. The van der Waals surface area contributed by atoms with Crippen LogP contribution in [0.25, 0.3) is 0 Å². The first-order valence-corrected chi connectivity index (χ1v) is 10.6. The van der Waals surface area contributed by atoms with Crippen molar-refractivity contribution < 1.29 is 18.0 Å². The molecule has 9 heteroatoms. The number of aryl methyl sites for hydroxylation is 1. The number of carbonyl (C=O) groups excluding carboxylic acids is 2. The van der Waals surface area contributed by atoms with Crippen LogP contribution in [-0.4, -0.2) is 79.8 Å². The van der Waals surface area contributed by atoms with Gasteiger partial charge in [-0.25, -0.2) is 13.2 Å². The number of benzene rings is 1. The molecule has 1 aromatic rings. The van der Waals surface area contributed by atoms with Gasteiger partial charge in [0.2, 0.25) is 15.9 Å². The summed E-state index contributed by atoms with van der Waals surface area (Å²) < 4.78 is 27.3. The molecule has 2 heterocycles. The van der Waals surface area contributed by atoms with Gasteiger partial charge in [0, 0.05) is 39.3 Å². The lowest BCUT2D eigenvalue weighted by atomic mass is 10.2. The highest BCUT2D eigenvalue weighted by molar-refractivity contribution is 7.89. The summed E-state index contributed by atoms with van der Waals surface area (Å²) in [7, 11) is -3.55. The Morgan fingerprint density at radius 2 is 1.78 bits per heavy atom. The minimum atomic E-state index is -3.55. The van der Waals surface area contributed by atoms with Gasteiger partial charge in [-0.1, -0.05) is 17.7 Å². The second kappa shape index (κ2) is 7.95. The lowest BCUT2D eigenvalue weighted by molar-refractivity contribution is -0.132. The highest BCUT2D eigenvalue weighted by Gasteiger charge is 2.34. The first-order chi connectivity index (χ1) is 12.8. The van der Waals surface area contributed by atoms with Gasteiger partial charge in [-0.05, 0) is 32.4 Å². The fraction of sp³-hybridized carbons (Fsp3) is 0.556. The van der Waals surface area contributed by atoms with E-state index in [2.05, 4.69) is 5.32 Å². The molecule has 2 aliphatic heterocycles. The molecule has 8 nitrogen and oxygen atoms in total. The van der Waals surface area contributed by atoms with Crippen LogP contribution < -0.4 is 5.32 Å². The Morgan fingerprint density at radius 3 is 2.41 bits per heavy atom. The molecule has 1 unspecified atom stereocenters. The maximum absolute atomic E-state index is 12.9. The molecule has 0 bridgehead atoms. The molecule has 3 amide bonds. The summed E-state index contributed by atoms with van der Waals surface area (Å²) in [5.74, 6) is -0.236. The van der Waals surface area contributed by atoms with Gasteiger partial charge >= 0.3 is 6.03 Å². The maximum Gasteiger partial charge on any atom is 0.324 e. The zero-order chi connectivity index (χ0) is 19.6. The van der Waals surface area contributed by atoms with Crippen molar-refractivity contribution in [2.45, 2.75) is 31.2 Å². The number of imide groups is 1. The van der Waals surface area contributed by atoms with Gasteiger partial charge in [0.1, 0.15) is 0 Å². The van der Waals surface area contributed by atoms with Crippen LogP contribution in [0.1, 0.15) is 18.9 Å². The molecule has 0 aliphatic carbocycles. The number of urea groups is 1. The molecule has 3 rings (SSSR count). The third kappa shape index (κ3) is 4.15. The molecule has 0 aromatic heterocycles. The molecule has 0 spiro atoms. The van der Waals surface area contributed by atoms with Crippen molar-refractivity contribution in [2.24, 2.45) is 0 Å². The van der Waals surface area contributed by atoms with Crippen molar-refractivity contribution in [3.8, 4) is 0 Å². The van der Waals surface area contributed by atoms with Gasteiger partial charge in [-0.3, -0.25) is 14.6 Å². The number of rotatable bonds is 4. The Balaban J connectivity index is 1.67. The molecular weight excluding hydrogens is 368 g/mol. The Kier molecular flexibility index (Phi) is 5.83. The summed E-state index contributed by atoms with van der Waals surface area (Å²) in [6, 6.07) is 6.02. The fourth-order valence-electron chi connectivity index (χ4n) is 3.46. The Morgan fingerprint density at radius 1 is 1.07 bits per heavy atom. The Bertz CT molecular complexity index is 809. The van der Waals surface area contributed by atoms with Gasteiger partial charge in [0.15, 0.2) is 0 Å². The van der Waals surface area contributed by atoms with Gasteiger partial charge in [-0.2, -0.15) is 4.31 Å². The Hall–Kier alpha value is -1.97. The van der Waals surface area contributed by atoms with E-state index < -0.39 is 16.1 Å². The first-order valence-electron chi connectivity index (χ1n) is 9.21. The molecule has 27 heavy (non-hydrogen) atoms. The van der Waals surface area contributed by atoms with E-state index in [9.17, 15) is 18.0 Å².